The molecule has 0 amide bonds. The molecule has 4 heteroatoms. The number of Topliss-reactive ketones (excluding diaryl/α,β-unsaturated/α-hetero) is 1. The van der Waals surface area contributed by atoms with Crippen LogP contribution in [-0.4, -0.2) is 21.6 Å². The highest BCUT2D eigenvalue weighted by molar-refractivity contribution is 8.13. The Morgan fingerprint density at radius 3 is 2.65 bits per heavy atom. The molecule has 17 heavy (non-hydrogen) atoms. The zero-order valence-electron chi connectivity index (χ0n) is 9.97. The maximum Gasteiger partial charge on any atom is 0.185 e. The lowest BCUT2D eigenvalue weighted by Crippen LogP contribution is -1.93. The zero-order chi connectivity index (χ0) is 12.7. The first-order chi connectivity index (χ1) is 8.09. The highest BCUT2D eigenvalue weighted by Gasteiger charge is 1.98. The highest BCUT2D eigenvalue weighted by Crippen LogP contribution is 2.06. The number of ketones is 1. The number of nitrogens with zero attached hydrogens (tertiary/aromatic N) is 1. The van der Waals surface area contributed by atoms with Gasteiger partial charge >= 0.3 is 0 Å². The summed E-state index contributed by atoms with van der Waals surface area (Å²) >= 11 is 1.32. The van der Waals surface area contributed by atoms with Crippen LogP contribution in [0, 0.1) is 0 Å². The van der Waals surface area contributed by atoms with Crippen LogP contribution in [0.15, 0.2) is 24.4 Å². The number of carbonyl (C=O) groups is 2. The third-order valence-electron chi connectivity index (χ3n) is 2.07. The molecule has 0 aromatic carbocycles. The summed E-state index contributed by atoms with van der Waals surface area (Å²) in [5.74, 6) is 0.808. The van der Waals surface area contributed by atoms with E-state index >= 15 is 0 Å². The normalized spacial score (nSPS) is 10.7. The molecule has 1 aromatic rings. The molecular formula is C13H15NO2S. The maximum atomic E-state index is 11.0. The van der Waals surface area contributed by atoms with Gasteiger partial charge in [-0.15, -0.1) is 0 Å². The van der Waals surface area contributed by atoms with E-state index in [9.17, 15) is 9.59 Å². The molecule has 0 bridgehead atoms. The quantitative estimate of drug-likeness (QED) is 0.594. The van der Waals surface area contributed by atoms with Crippen molar-refractivity contribution in [2.24, 2.45) is 0 Å². The van der Waals surface area contributed by atoms with Gasteiger partial charge in [0.25, 0.3) is 0 Å². The molecule has 0 aliphatic carbocycles. The van der Waals surface area contributed by atoms with E-state index in [0.717, 1.165) is 17.9 Å². The van der Waals surface area contributed by atoms with Crippen LogP contribution in [0.1, 0.15) is 36.3 Å². The van der Waals surface area contributed by atoms with E-state index < -0.39 is 0 Å². The largest absolute Gasteiger partial charge is 0.294 e. The second-order valence-corrected chi connectivity index (χ2v) is 4.83. The molecule has 1 aromatic heterocycles. The summed E-state index contributed by atoms with van der Waals surface area (Å²) in [5.41, 5.74) is 1.44. The predicted molar refractivity (Wildman–Crippen MR) is 71.0 cm³/mol. The first-order valence-corrected chi connectivity index (χ1v) is 6.35. The Balaban J connectivity index is 2.43. The highest BCUT2D eigenvalue weighted by atomic mass is 32.2. The summed E-state index contributed by atoms with van der Waals surface area (Å²) < 4.78 is 0. The second-order valence-electron chi connectivity index (χ2n) is 3.56. The standard InChI is InChI=1S/C13H15NO2S/c1-10(15)12-6-7-13(14-9-12)5-3-4-8-17-11(2)16/h3,5-7,9H,4,8H2,1-2H3. The van der Waals surface area contributed by atoms with Gasteiger partial charge in [-0.05, 0) is 31.6 Å². The minimum absolute atomic E-state index is 0.0193. The summed E-state index contributed by atoms with van der Waals surface area (Å²) in [7, 11) is 0. The molecule has 0 radical (unpaired) electrons. The summed E-state index contributed by atoms with van der Waals surface area (Å²) in [6.45, 7) is 3.09. The van der Waals surface area contributed by atoms with E-state index in [-0.39, 0.29) is 10.9 Å². The minimum atomic E-state index is 0.0193. The van der Waals surface area contributed by atoms with Crippen LogP contribution in [0.3, 0.4) is 0 Å². The van der Waals surface area contributed by atoms with Crippen molar-refractivity contribution in [1.82, 2.24) is 4.98 Å². The first kappa shape index (κ1) is 13.6. The Kier molecular flexibility index (Phi) is 5.63. The second kappa shape index (κ2) is 7.01. The van der Waals surface area contributed by atoms with Crippen LogP contribution >= 0.6 is 11.8 Å². The molecule has 0 fully saturated rings. The molecule has 0 atom stereocenters. The van der Waals surface area contributed by atoms with Crippen LogP contribution in [0.25, 0.3) is 6.08 Å². The topological polar surface area (TPSA) is 47.0 Å². The van der Waals surface area contributed by atoms with Gasteiger partial charge in [0, 0.05) is 24.4 Å². The number of aromatic nitrogens is 1. The average Bonchev–Trinajstić information content (AvgIpc) is 2.29. The van der Waals surface area contributed by atoms with Crippen molar-refractivity contribution in [3.8, 4) is 0 Å². The fourth-order valence-corrected chi connectivity index (χ4v) is 1.73. The third-order valence-corrected chi connectivity index (χ3v) is 2.92. The maximum absolute atomic E-state index is 11.0. The van der Waals surface area contributed by atoms with Gasteiger partial charge in [0.1, 0.15) is 0 Å². The number of rotatable bonds is 5. The number of carbonyl (C=O) groups excluding carboxylic acids is 2. The van der Waals surface area contributed by atoms with Crippen molar-refractivity contribution < 1.29 is 9.59 Å². The van der Waals surface area contributed by atoms with Crippen molar-refractivity contribution in [1.29, 1.82) is 0 Å². The predicted octanol–water partition coefficient (Wildman–Crippen LogP) is 2.97. The molecule has 0 aliphatic rings. The SMILES string of the molecule is CC(=O)SCCC=Cc1ccc(C(C)=O)cn1. The first-order valence-electron chi connectivity index (χ1n) is 5.36. The van der Waals surface area contributed by atoms with E-state index in [1.807, 2.05) is 18.2 Å². The number of thioether (sulfide) groups is 1. The minimum Gasteiger partial charge on any atom is -0.294 e. The molecule has 0 spiro atoms. The fourth-order valence-electron chi connectivity index (χ4n) is 1.19. The number of hydrogen-bond acceptors (Lipinski definition) is 4. The van der Waals surface area contributed by atoms with Crippen molar-refractivity contribution in [2.75, 3.05) is 5.75 Å². The van der Waals surface area contributed by atoms with Gasteiger partial charge in [0.15, 0.2) is 10.9 Å². The van der Waals surface area contributed by atoms with E-state index in [1.54, 1.807) is 19.2 Å². The van der Waals surface area contributed by atoms with Crippen molar-refractivity contribution in [3.05, 3.63) is 35.7 Å². The van der Waals surface area contributed by atoms with Crippen LogP contribution < -0.4 is 0 Å². The molecule has 1 rings (SSSR count). The molecule has 90 valence electrons. The summed E-state index contributed by atoms with van der Waals surface area (Å²) in [6.07, 6.45) is 6.28. The van der Waals surface area contributed by atoms with Gasteiger partial charge < -0.3 is 0 Å². The molecule has 0 saturated heterocycles. The van der Waals surface area contributed by atoms with Gasteiger partial charge in [-0.25, -0.2) is 0 Å². The molecule has 0 aliphatic heterocycles. The average molecular weight is 249 g/mol. The van der Waals surface area contributed by atoms with Crippen LogP contribution in [-0.2, 0) is 4.79 Å². The lowest BCUT2D eigenvalue weighted by molar-refractivity contribution is -0.109. The van der Waals surface area contributed by atoms with Gasteiger partial charge in [-0.1, -0.05) is 17.8 Å². The summed E-state index contributed by atoms with van der Waals surface area (Å²) in [5, 5.41) is 0.141. The molecular weight excluding hydrogens is 234 g/mol. The number of pyridine rings is 1. The van der Waals surface area contributed by atoms with Gasteiger partial charge in [0.05, 0.1) is 5.69 Å². The Morgan fingerprint density at radius 2 is 2.12 bits per heavy atom. The van der Waals surface area contributed by atoms with Crippen molar-refractivity contribution in [2.45, 2.75) is 20.3 Å². The van der Waals surface area contributed by atoms with Crippen molar-refractivity contribution in [3.63, 3.8) is 0 Å². The fraction of sp³-hybridized carbons (Fsp3) is 0.308. The Morgan fingerprint density at radius 1 is 1.35 bits per heavy atom. The zero-order valence-corrected chi connectivity index (χ0v) is 10.8. The van der Waals surface area contributed by atoms with E-state index in [0.29, 0.717) is 5.56 Å². The monoisotopic (exact) mass is 249 g/mol. The van der Waals surface area contributed by atoms with Gasteiger partial charge in [0.2, 0.25) is 0 Å². The third kappa shape index (κ3) is 5.45. The molecule has 1 heterocycles. The van der Waals surface area contributed by atoms with Crippen LogP contribution in [0.5, 0.6) is 0 Å². The Hall–Kier alpha value is -1.42. The number of hydrogen-bond donors (Lipinski definition) is 0. The van der Waals surface area contributed by atoms with Crippen LogP contribution in [0.2, 0.25) is 0 Å². The molecule has 0 N–H and O–H groups in total. The molecule has 0 saturated carbocycles. The summed E-state index contributed by atoms with van der Waals surface area (Å²) in [6, 6.07) is 3.57. The Labute approximate surface area is 105 Å². The van der Waals surface area contributed by atoms with Gasteiger partial charge in [-0.2, -0.15) is 0 Å². The van der Waals surface area contributed by atoms with Crippen LogP contribution in [0.4, 0.5) is 0 Å². The molecule has 3 nitrogen and oxygen atoms in total. The van der Waals surface area contributed by atoms with E-state index in [2.05, 4.69) is 4.98 Å². The molecule has 0 unspecified atom stereocenters. The summed E-state index contributed by atoms with van der Waals surface area (Å²) in [4.78, 5) is 25.9. The van der Waals surface area contributed by atoms with Gasteiger partial charge in [-0.3, -0.25) is 14.6 Å². The Bertz CT molecular complexity index is 424. The lowest BCUT2D eigenvalue weighted by Gasteiger charge is -1.96. The smallest absolute Gasteiger partial charge is 0.185 e. The van der Waals surface area contributed by atoms with E-state index in [4.69, 9.17) is 0 Å². The van der Waals surface area contributed by atoms with Crippen molar-refractivity contribution >= 4 is 28.7 Å². The van der Waals surface area contributed by atoms with E-state index in [1.165, 1.54) is 18.7 Å². The lowest BCUT2D eigenvalue weighted by atomic mass is 10.2. The number of allylic oxidation sites excluding steroid dienone is 1.